The fourth-order valence-electron chi connectivity index (χ4n) is 0.594. The van der Waals surface area contributed by atoms with Crippen molar-refractivity contribution in [2.75, 3.05) is 0 Å². The standard InChI is InChI=1S/C4H2F3N3O2/c5-4(6,7)3(2(11)12)8-1-9-10-3/h1H,(H,11,12). The maximum Gasteiger partial charge on any atom is 0.447 e. The Morgan fingerprint density at radius 1 is 1.50 bits per heavy atom. The normalized spacial score (nSPS) is 27.9. The minimum atomic E-state index is -5.06. The molecule has 0 aromatic heterocycles. The van der Waals surface area contributed by atoms with E-state index in [2.05, 4.69) is 15.2 Å². The Bertz CT molecular complexity index is 257. The fraction of sp³-hybridized carbons (Fsp3) is 0.500. The van der Waals surface area contributed by atoms with Crippen LogP contribution in [0.5, 0.6) is 0 Å². The molecule has 0 spiro atoms. The van der Waals surface area contributed by atoms with Gasteiger partial charge in [-0.15, -0.1) is 10.2 Å². The minimum absolute atomic E-state index is 0.460. The third kappa shape index (κ3) is 0.953. The third-order valence-electron chi connectivity index (χ3n) is 1.19. The molecule has 0 fully saturated rings. The van der Waals surface area contributed by atoms with Crippen LogP contribution in [0, 0.1) is 0 Å². The number of azo groups is 1. The highest BCUT2D eigenvalue weighted by molar-refractivity contribution is 5.83. The summed E-state index contributed by atoms with van der Waals surface area (Å²) < 4.78 is 36.1. The largest absolute Gasteiger partial charge is 0.478 e. The average Bonchev–Trinajstić information content (AvgIpc) is 2.31. The number of aliphatic carboxylic acids is 1. The molecule has 1 atom stereocenters. The summed E-state index contributed by atoms with van der Waals surface area (Å²) in [5.41, 5.74) is -3.42. The van der Waals surface area contributed by atoms with Crippen LogP contribution in [0.1, 0.15) is 0 Å². The van der Waals surface area contributed by atoms with Gasteiger partial charge in [0.1, 0.15) is 6.34 Å². The van der Waals surface area contributed by atoms with Gasteiger partial charge in [-0.2, -0.15) is 13.2 Å². The molecule has 66 valence electrons. The summed E-state index contributed by atoms with van der Waals surface area (Å²) in [6, 6.07) is 0. The minimum Gasteiger partial charge on any atom is -0.478 e. The Morgan fingerprint density at radius 2 is 2.08 bits per heavy atom. The quantitative estimate of drug-likeness (QED) is 0.650. The third-order valence-corrected chi connectivity index (χ3v) is 1.19. The van der Waals surface area contributed by atoms with Crippen molar-refractivity contribution >= 4 is 12.3 Å². The van der Waals surface area contributed by atoms with Crippen LogP contribution >= 0.6 is 0 Å². The van der Waals surface area contributed by atoms with Gasteiger partial charge in [-0.3, -0.25) is 0 Å². The summed E-state index contributed by atoms with van der Waals surface area (Å²) in [4.78, 5) is 12.8. The first kappa shape index (κ1) is 8.62. The predicted molar refractivity (Wildman–Crippen MR) is 29.8 cm³/mol. The number of carbonyl (C=O) groups is 1. The number of carboxylic acids is 1. The molecule has 1 aliphatic rings. The van der Waals surface area contributed by atoms with Crippen LogP contribution in [-0.4, -0.2) is 29.3 Å². The molecule has 0 saturated carbocycles. The molecule has 0 aromatic rings. The Hall–Kier alpha value is -1.47. The van der Waals surface area contributed by atoms with Crippen LogP contribution < -0.4 is 0 Å². The van der Waals surface area contributed by atoms with E-state index in [1.165, 1.54) is 0 Å². The van der Waals surface area contributed by atoms with Gasteiger partial charge in [-0.05, 0) is 0 Å². The molecule has 1 unspecified atom stereocenters. The second kappa shape index (κ2) is 2.26. The van der Waals surface area contributed by atoms with E-state index in [1.807, 2.05) is 0 Å². The van der Waals surface area contributed by atoms with Crippen LogP contribution in [0.3, 0.4) is 0 Å². The van der Waals surface area contributed by atoms with Gasteiger partial charge < -0.3 is 5.11 Å². The van der Waals surface area contributed by atoms with Crippen LogP contribution in [0.25, 0.3) is 0 Å². The van der Waals surface area contributed by atoms with Crippen LogP contribution in [0.4, 0.5) is 13.2 Å². The van der Waals surface area contributed by atoms with Gasteiger partial charge >= 0.3 is 17.8 Å². The molecule has 5 nitrogen and oxygen atoms in total. The first-order valence-corrected chi connectivity index (χ1v) is 2.66. The highest BCUT2D eigenvalue weighted by atomic mass is 19.4. The molecule has 0 amide bonds. The zero-order valence-corrected chi connectivity index (χ0v) is 5.41. The van der Waals surface area contributed by atoms with E-state index >= 15 is 0 Å². The van der Waals surface area contributed by atoms with E-state index in [-0.39, 0.29) is 0 Å². The average molecular weight is 181 g/mol. The van der Waals surface area contributed by atoms with Crippen molar-refractivity contribution < 1.29 is 23.1 Å². The lowest BCUT2D eigenvalue weighted by atomic mass is 10.2. The molecule has 12 heavy (non-hydrogen) atoms. The van der Waals surface area contributed by atoms with Crippen molar-refractivity contribution in [1.82, 2.24) is 0 Å². The van der Waals surface area contributed by atoms with Crippen LogP contribution in [-0.2, 0) is 4.79 Å². The molecule has 0 aromatic carbocycles. The number of carboxylic acid groups (broad SMARTS) is 1. The number of hydrogen-bond acceptors (Lipinski definition) is 4. The van der Waals surface area contributed by atoms with Gasteiger partial charge in [0.15, 0.2) is 0 Å². The molecular formula is C4H2F3N3O2. The predicted octanol–water partition coefficient (Wildman–Crippen LogP) is 0.824. The Kier molecular flexibility index (Phi) is 1.62. The van der Waals surface area contributed by atoms with Gasteiger partial charge in [0, 0.05) is 0 Å². The topological polar surface area (TPSA) is 74.4 Å². The summed E-state index contributed by atoms with van der Waals surface area (Å²) in [7, 11) is 0. The van der Waals surface area contributed by atoms with Crippen molar-refractivity contribution in [2.24, 2.45) is 15.2 Å². The lowest BCUT2D eigenvalue weighted by Crippen LogP contribution is -2.47. The van der Waals surface area contributed by atoms with E-state index in [0.717, 1.165) is 0 Å². The summed E-state index contributed by atoms with van der Waals surface area (Å²) in [6.45, 7) is 0. The van der Waals surface area contributed by atoms with E-state index in [0.29, 0.717) is 6.34 Å². The highest BCUT2D eigenvalue weighted by Gasteiger charge is 2.64. The molecule has 0 aliphatic carbocycles. The molecule has 0 saturated heterocycles. The first-order valence-electron chi connectivity index (χ1n) is 2.66. The molecule has 0 radical (unpaired) electrons. The molecule has 1 rings (SSSR count). The SMILES string of the molecule is O=C(O)C1(C(F)(F)F)N=CN=N1. The summed E-state index contributed by atoms with van der Waals surface area (Å²) >= 11 is 0. The molecule has 8 heteroatoms. The number of alkyl halides is 3. The van der Waals surface area contributed by atoms with Crippen molar-refractivity contribution in [1.29, 1.82) is 0 Å². The van der Waals surface area contributed by atoms with Crippen LogP contribution in [0.15, 0.2) is 15.2 Å². The number of hydrogen-bond donors (Lipinski definition) is 1. The molecule has 1 heterocycles. The second-order valence-electron chi connectivity index (χ2n) is 1.94. The van der Waals surface area contributed by atoms with Gasteiger partial charge in [-0.1, -0.05) is 0 Å². The van der Waals surface area contributed by atoms with Crippen molar-refractivity contribution in [3.8, 4) is 0 Å². The zero-order chi connectivity index (χ0) is 9.41. The maximum atomic E-state index is 12.0. The van der Waals surface area contributed by atoms with Crippen molar-refractivity contribution in [2.45, 2.75) is 11.8 Å². The smallest absolute Gasteiger partial charge is 0.447 e. The molecule has 0 bridgehead atoms. The van der Waals surface area contributed by atoms with Gasteiger partial charge in [0.2, 0.25) is 0 Å². The van der Waals surface area contributed by atoms with Gasteiger partial charge in [-0.25, -0.2) is 9.79 Å². The van der Waals surface area contributed by atoms with E-state index in [1.54, 1.807) is 0 Å². The van der Waals surface area contributed by atoms with Gasteiger partial charge in [0.25, 0.3) is 0 Å². The van der Waals surface area contributed by atoms with Crippen LogP contribution in [0.2, 0.25) is 0 Å². The summed E-state index contributed by atoms with van der Waals surface area (Å²) in [5.74, 6) is -2.19. The Morgan fingerprint density at radius 3 is 2.25 bits per heavy atom. The lowest BCUT2D eigenvalue weighted by Gasteiger charge is -2.18. The first-order chi connectivity index (χ1) is 5.40. The monoisotopic (exact) mass is 181 g/mol. The van der Waals surface area contributed by atoms with Crippen molar-refractivity contribution in [3.63, 3.8) is 0 Å². The molecular weight excluding hydrogens is 179 g/mol. The highest BCUT2D eigenvalue weighted by Crippen LogP contribution is 2.37. The Balaban J connectivity index is 3.14. The summed E-state index contributed by atoms with van der Waals surface area (Å²) in [6.07, 6.45) is -4.60. The van der Waals surface area contributed by atoms with Gasteiger partial charge in [0.05, 0.1) is 0 Å². The number of rotatable bonds is 1. The van der Waals surface area contributed by atoms with Crippen molar-refractivity contribution in [3.05, 3.63) is 0 Å². The van der Waals surface area contributed by atoms with E-state index < -0.39 is 17.8 Å². The number of aliphatic imine (C=N–C) groups is 1. The summed E-state index contributed by atoms with van der Waals surface area (Å²) in [5, 5.41) is 13.5. The Labute approximate surface area is 63.6 Å². The zero-order valence-electron chi connectivity index (χ0n) is 5.41. The molecule has 1 N–H and O–H groups in total. The molecule has 1 aliphatic heterocycles. The number of nitrogens with zero attached hydrogens (tertiary/aromatic N) is 3. The lowest BCUT2D eigenvalue weighted by molar-refractivity contribution is -0.199. The fourth-order valence-corrected chi connectivity index (χ4v) is 0.594. The van der Waals surface area contributed by atoms with E-state index in [9.17, 15) is 18.0 Å². The second-order valence-corrected chi connectivity index (χ2v) is 1.94. The number of halogens is 3. The van der Waals surface area contributed by atoms with E-state index in [4.69, 9.17) is 5.11 Å². The maximum absolute atomic E-state index is 12.0.